The van der Waals surface area contributed by atoms with Crippen LogP contribution in [-0.2, 0) is 16.3 Å². The number of hydrogen-bond acceptors (Lipinski definition) is 5. The van der Waals surface area contributed by atoms with Gasteiger partial charge in [0.15, 0.2) is 9.84 Å². The van der Waals surface area contributed by atoms with Crippen LogP contribution in [0.4, 0.5) is 5.69 Å². The fourth-order valence-electron chi connectivity index (χ4n) is 1.95. The summed E-state index contributed by atoms with van der Waals surface area (Å²) >= 11 is 1.62. The molecule has 2 aromatic rings. The molecule has 0 saturated carbocycles. The molecular weight excluding hydrogens is 292 g/mol. The van der Waals surface area contributed by atoms with Crippen LogP contribution in [0.2, 0.25) is 0 Å². The second-order valence-corrected chi connectivity index (χ2v) is 7.69. The minimum absolute atomic E-state index is 0.115. The zero-order valence-electron chi connectivity index (χ0n) is 11.6. The van der Waals surface area contributed by atoms with Crippen LogP contribution in [0.3, 0.4) is 0 Å². The molecule has 0 aliphatic carbocycles. The fraction of sp³-hybridized carbons (Fsp3) is 0.357. The predicted molar refractivity (Wildman–Crippen MR) is 83.3 cm³/mol. The third kappa shape index (κ3) is 3.37. The Morgan fingerprint density at radius 3 is 2.70 bits per heavy atom. The van der Waals surface area contributed by atoms with Crippen LogP contribution in [0.15, 0.2) is 40.7 Å². The summed E-state index contributed by atoms with van der Waals surface area (Å²) in [4.78, 5) is 6.63. The molecule has 108 valence electrons. The van der Waals surface area contributed by atoms with Gasteiger partial charge in [0.1, 0.15) is 0 Å². The molecular formula is C14H18N2O2S2. The van der Waals surface area contributed by atoms with Gasteiger partial charge in [-0.2, -0.15) is 0 Å². The average molecular weight is 310 g/mol. The van der Waals surface area contributed by atoms with Crippen molar-refractivity contribution in [1.29, 1.82) is 0 Å². The van der Waals surface area contributed by atoms with Gasteiger partial charge in [0.2, 0.25) is 0 Å². The van der Waals surface area contributed by atoms with Gasteiger partial charge in [0, 0.05) is 31.6 Å². The van der Waals surface area contributed by atoms with Crippen molar-refractivity contribution in [2.75, 3.05) is 24.2 Å². The smallest absolute Gasteiger partial charge is 0.180 e. The first-order chi connectivity index (χ1) is 9.54. The maximum Gasteiger partial charge on any atom is 0.180 e. The van der Waals surface area contributed by atoms with E-state index in [9.17, 15) is 8.42 Å². The van der Waals surface area contributed by atoms with Crippen molar-refractivity contribution in [3.63, 3.8) is 0 Å². The lowest BCUT2D eigenvalue weighted by molar-refractivity contribution is 0.597. The molecule has 0 atom stereocenters. The number of anilines is 1. The molecule has 0 saturated heterocycles. The first kappa shape index (κ1) is 15.0. The van der Waals surface area contributed by atoms with Gasteiger partial charge in [0.05, 0.1) is 21.3 Å². The molecule has 1 aromatic heterocycles. The molecule has 1 heterocycles. The van der Waals surface area contributed by atoms with Gasteiger partial charge < -0.3 is 4.90 Å². The summed E-state index contributed by atoms with van der Waals surface area (Å²) in [5, 5.41) is 3.01. The van der Waals surface area contributed by atoms with Crippen molar-refractivity contribution in [3.05, 3.63) is 40.8 Å². The molecule has 6 heteroatoms. The fourth-order valence-corrected chi connectivity index (χ4v) is 3.70. The van der Waals surface area contributed by atoms with E-state index >= 15 is 0 Å². The van der Waals surface area contributed by atoms with Crippen LogP contribution >= 0.6 is 11.3 Å². The molecule has 0 aliphatic rings. The molecule has 20 heavy (non-hydrogen) atoms. The van der Waals surface area contributed by atoms with Crippen molar-refractivity contribution in [3.8, 4) is 0 Å². The molecule has 0 unspecified atom stereocenters. The number of likely N-dealkylation sites (N-methyl/N-ethyl adjacent to an activating group) is 1. The summed E-state index contributed by atoms with van der Waals surface area (Å²) in [5.41, 5.74) is 0.755. The summed E-state index contributed by atoms with van der Waals surface area (Å²) < 4.78 is 24.2. The lowest BCUT2D eigenvalue weighted by Crippen LogP contribution is -2.22. The molecule has 0 radical (unpaired) electrons. The Balaban J connectivity index is 2.19. The van der Waals surface area contributed by atoms with Crippen molar-refractivity contribution in [2.24, 2.45) is 0 Å². The first-order valence-corrected chi connectivity index (χ1v) is 8.99. The second kappa shape index (κ2) is 6.37. The van der Waals surface area contributed by atoms with Gasteiger partial charge in [-0.1, -0.05) is 19.1 Å². The average Bonchev–Trinajstić information content (AvgIpc) is 2.98. The van der Waals surface area contributed by atoms with E-state index in [1.807, 2.05) is 29.5 Å². The maximum absolute atomic E-state index is 12.1. The van der Waals surface area contributed by atoms with Gasteiger partial charge in [-0.25, -0.2) is 13.4 Å². The first-order valence-electron chi connectivity index (χ1n) is 6.46. The number of benzene rings is 1. The van der Waals surface area contributed by atoms with Crippen molar-refractivity contribution in [2.45, 2.75) is 18.2 Å². The van der Waals surface area contributed by atoms with E-state index in [0.717, 1.165) is 23.7 Å². The topological polar surface area (TPSA) is 50.3 Å². The van der Waals surface area contributed by atoms with E-state index in [4.69, 9.17) is 0 Å². The molecule has 0 bridgehead atoms. The monoisotopic (exact) mass is 310 g/mol. The minimum atomic E-state index is -3.20. The number of sulfone groups is 1. The SMILES string of the molecule is CCS(=O)(=O)c1ccccc1N(C)CCc1nccs1. The normalized spacial score (nSPS) is 11.5. The predicted octanol–water partition coefficient (Wildman–Crippen LogP) is 2.62. The summed E-state index contributed by atoms with van der Waals surface area (Å²) in [7, 11) is -1.29. The molecule has 0 aliphatic heterocycles. The Bertz CT molecular complexity index is 652. The molecule has 1 aromatic carbocycles. The van der Waals surface area contributed by atoms with Crippen molar-refractivity contribution >= 4 is 26.9 Å². The van der Waals surface area contributed by atoms with Gasteiger partial charge in [-0.3, -0.25) is 0 Å². The molecule has 0 amide bonds. The van der Waals surface area contributed by atoms with E-state index in [-0.39, 0.29) is 5.75 Å². The van der Waals surface area contributed by atoms with Crippen molar-refractivity contribution < 1.29 is 8.42 Å². The Morgan fingerprint density at radius 2 is 2.05 bits per heavy atom. The highest BCUT2D eigenvalue weighted by Gasteiger charge is 2.18. The quantitative estimate of drug-likeness (QED) is 0.823. The third-order valence-corrected chi connectivity index (χ3v) is 5.75. The summed E-state index contributed by atoms with van der Waals surface area (Å²) in [6.45, 7) is 2.41. The van der Waals surface area contributed by atoms with E-state index in [1.165, 1.54) is 0 Å². The molecule has 4 nitrogen and oxygen atoms in total. The lowest BCUT2D eigenvalue weighted by Gasteiger charge is -2.21. The number of nitrogens with zero attached hydrogens (tertiary/aromatic N) is 2. The van der Waals surface area contributed by atoms with Crippen molar-refractivity contribution in [1.82, 2.24) is 4.98 Å². The molecule has 2 rings (SSSR count). The van der Waals surface area contributed by atoms with E-state index in [1.54, 1.807) is 36.6 Å². The number of rotatable bonds is 6. The van der Waals surface area contributed by atoms with Crippen LogP contribution in [0.25, 0.3) is 0 Å². The van der Waals surface area contributed by atoms with Gasteiger partial charge in [0.25, 0.3) is 0 Å². The highest BCUT2D eigenvalue weighted by Crippen LogP contribution is 2.25. The van der Waals surface area contributed by atoms with Crippen LogP contribution in [0.5, 0.6) is 0 Å². The molecule has 0 spiro atoms. The zero-order chi connectivity index (χ0) is 14.6. The summed E-state index contributed by atoms with van der Waals surface area (Å²) in [5.74, 6) is 0.115. The van der Waals surface area contributed by atoms with E-state index in [0.29, 0.717) is 4.90 Å². The Hall–Kier alpha value is -1.40. The number of thiazole rings is 1. The second-order valence-electron chi connectivity index (χ2n) is 4.47. The van der Waals surface area contributed by atoms with Gasteiger partial charge in [-0.15, -0.1) is 11.3 Å². The Labute approximate surface area is 124 Å². The number of para-hydroxylation sites is 1. The zero-order valence-corrected chi connectivity index (χ0v) is 13.2. The van der Waals surface area contributed by atoms with Gasteiger partial charge >= 0.3 is 0 Å². The van der Waals surface area contributed by atoms with E-state index < -0.39 is 9.84 Å². The van der Waals surface area contributed by atoms with Gasteiger partial charge in [-0.05, 0) is 12.1 Å². The highest BCUT2D eigenvalue weighted by molar-refractivity contribution is 7.91. The summed E-state index contributed by atoms with van der Waals surface area (Å²) in [6.07, 6.45) is 2.60. The maximum atomic E-state index is 12.1. The third-order valence-electron chi connectivity index (χ3n) is 3.14. The molecule has 0 fully saturated rings. The van der Waals surface area contributed by atoms with Crippen LogP contribution in [0, 0.1) is 0 Å². The summed E-state index contributed by atoms with van der Waals surface area (Å²) in [6, 6.07) is 7.16. The highest BCUT2D eigenvalue weighted by atomic mass is 32.2. The largest absolute Gasteiger partial charge is 0.373 e. The lowest BCUT2D eigenvalue weighted by atomic mass is 10.3. The number of aromatic nitrogens is 1. The Morgan fingerprint density at radius 1 is 1.30 bits per heavy atom. The minimum Gasteiger partial charge on any atom is -0.373 e. The van der Waals surface area contributed by atoms with Crippen LogP contribution < -0.4 is 4.90 Å². The van der Waals surface area contributed by atoms with Crippen LogP contribution in [0.1, 0.15) is 11.9 Å². The Kier molecular flexibility index (Phi) is 4.77. The standard InChI is InChI=1S/C14H18N2O2S2/c1-3-20(17,18)13-7-5-4-6-12(13)16(2)10-8-14-15-9-11-19-14/h4-7,9,11H,3,8,10H2,1-2H3. The van der Waals surface area contributed by atoms with Crippen LogP contribution in [-0.4, -0.2) is 32.7 Å². The number of hydrogen-bond donors (Lipinski definition) is 0. The molecule has 0 N–H and O–H groups in total. The van der Waals surface area contributed by atoms with E-state index in [2.05, 4.69) is 4.98 Å².